The Morgan fingerprint density at radius 3 is 2.50 bits per heavy atom. The molecular weight excluding hydrogens is 375 g/mol. The van der Waals surface area contributed by atoms with Crippen LogP contribution in [0.5, 0.6) is 5.75 Å². The third kappa shape index (κ3) is 4.05. The fourth-order valence-electron chi connectivity index (χ4n) is 2.87. The molecule has 0 atom stereocenters. The van der Waals surface area contributed by atoms with Crippen molar-refractivity contribution in [2.75, 3.05) is 13.1 Å². The van der Waals surface area contributed by atoms with Crippen molar-refractivity contribution in [1.82, 2.24) is 9.47 Å². The molecule has 7 heteroatoms. The lowest BCUT2D eigenvalue weighted by atomic mass is 10.1. The van der Waals surface area contributed by atoms with Gasteiger partial charge in [0.1, 0.15) is 11.9 Å². The van der Waals surface area contributed by atoms with Crippen LogP contribution in [0.15, 0.2) is 35.1 Å². The number of aromatic nitrogens is 1. The number of ether oxygens (including phenoxy) is 1. The lowest BCUT2D eigenvalue weighted by Crippen LogP contribution is -2.56. The standard InChI is InChI=1S/C19H20Cl2N2O3/c1-12-8-13(9-19(25)22(12)2)26-14-10-23(11-14)18(24)7-6-15-16(20)4-3-5-17(15)21/h3-5,8-9,14H,6-7,10-11H2,1-2H3. The van der Waals surface area contributed by atoms with Gasteiger partial charge < -0.3 is 14.2 Å². The largest absolute Gasteiger partial charge is 0.486 e. The fraction of sp³-hybridized carbons (Fsp3) is 0.368. The molecule has 1 saturated heterocycles. The van der Waals surface area contributed by atoms with Crippen molar-refractivity contribution < 1.29 is 9.53 Å². The molecule has 0 unspecified atom stereocenters. The number of pyridine rings is 1. The Morgan fingerprint density at radius 1 is 1.23 bits per heavy atom. The lowest BCUT2D eigenvalue weighted by Gasteiger charge is -2.39. The van der Waals surface area contributed by atoms with E-state index in [2.05, 4.69) is 0 Å². The van der Waals surface area contributed by atoms with Crippen molar-refractivity contribution in [2.45, 2.75) is 25.9 Å². The van der Waals surface area contributed by atoms with Gasteiger partial charge in [0.2, 0.25) is 5.91 Å². The van der Waals surface area contributed by atoms with Crippen molar-refractivity contribution in [3.63, 3.8) is 0 Å². The van der Waals surface area contributed by atoms with Crippen molar-refractivity contribution in [1.29, 1.82) is 0 Å². The Hall–Kier alpha value is -1.98. The molecule has 1 aliphatic rings. The van der Waals surface area contributed by atoms with E-state index in [-0.39, 0.29) is 17.6 Å². The minimum atomic E-state index is -0.108. The van der Waals surface area contributed by atoms with Gasteiger partial charge in [-0.2, -0.15) is 0 Å². The first-order valence-electron chi connectivity index (χ1n) is 8.40. The van der Waals surface area contributed by atoms with E-state index < -0.39 is 0 Å². The number of carbonyl (C=O) groups is 1. The fourth-order valence-corrected chi connectivity index (χ4v) is 3.46. The van der Waals surface area contributed by atoms with Crippen LogP contribution in [0.25, 0.3) is 0 Å². The first kappa shape index (κ1) is 18.8. The summed E-state index contributed by atoms with van der Waals surface area (Å²) in [4.78, 5) is 25.8. The Labute approximate surface area is 162 Å². The second-order valence-corrected chi connectivity index (χ2v) is 7.28. The first-order valence-corrected chi connectivity index (χ1v) is 9.15. The summed E-state index contributed by atoms with van der Waals surface area (Å²) >= 11 is 12.3. The molecule has 1 fully saturated rings. The molecule has 1 aromatic heterocycles. The number of hydrogen-bond acceptors (Lipinski definition) is 3. The Bertz CT molecular complexity index is 869. The number of rotatable bonds is 5. The number of carbonyl (C=O) groups excluding carboxylic acids is 1. The SMILES string of the molecule is Cc1cc(OC2CN(C(=O)CCc3c(Cl)cccc3Cl)C2)cc(=O)n1C. The molecule has 2 aromatic rings. The maximum Gasteiger partial charge on any atom is 0.254 e. The number of likely N-dealkylation sites (tertiary alicyclic amines) is 1. The third-order valence-electron chi connectivity index (χ3n) is 4.63. The van der Waals surface area contributed by atoms with Crippen molar-refractivity contribution >= 4 is 29.1 Å². The zero-order valence-electron chi connectivity index (χ0n) is 14.7. The number of benzene rings is 1. The third-order valence-corrected chi connectivity index (χ3v) is 5.34. The molecule has 1 aliphatic heterocycles. The normalized spacial score (nSPS) is 14.2. The van der Waals surface area contributed by atoms with E-state index >= 15 is 0 Å². The highest BCUT2D eigenvalue weighted by Gasteiger charge is 2.32. The molecule has 26 heavy (non-hydrogen) atoms. The maximum atomic E-state index is 12.3. The number of halogens is 2. The van der Waals surface area contributed by atoms with Gasteiger partial charge in [-0.1, -0.05) is 29.3 Å². The van der Waals surface area contributed by atoms with E-state index in [4.69, 9.17) is 27.9 Å². The summed E-state index contributed by atoms with van der Waals surface area (Å²) in [6.45, 7) is 2.89. The molecule has 0 N–H and O–H groups in total. The van der Waals surface area contributed by atoms with Crippen LogP contribution in [0.4, 0.5) is 0 Å². The quantitative estimate of drug-likeness (QED) is 0.781. The molecule has 1 aromatic carbocycles. The predicted molar refractivity (Wildman–Crippen MR) is 102 cm³/mol. The van der Waals surface area contributed by atoms with Gasteiger partial charge in [0.15, 0.2) is 0 Å². The van der Waals surface area contributed by atoms with Crippen LogP contribution < -0.4 is 10.3 Å². The van der Waals surface area contributed by atoms with Crippen LogP contribution in [0.2, 0.25) is 10.0 Å². The topological polar surface area (TPSA) is 51.5 Å². The van der Waals surface area contributed by atoms with Crippen LogP contribution in [0.3, 0.4) is 0 Å². The summed E-state index contributed by atoms with van der Waals surface area (Å²) < 4.78 is 7.36. The Morgan fingerprint density at radius 2 is 1.88 bits per heavy atom. The number of amides is 1. The van der Waals surface area contributed by atoms with Gasteiger partial charge in [0.05, 0.1) is 13.1 Å². The monoisotopic (exact) mass is 394 g/mol. The summed E-state index contributed by atoms with van der Waals surface area (Å²) in [5, 5.41) is 1.16. The molecule has 5 nitrogen and oxygen atoms in total. The van der Waals surface area contributed by atoms with Crippen molar-refractivity contribution in [3.05, 3.63) is 62.0 Å². The molecule has 1 amide bonds. The van der Waals surface area contributed by atoms with Gasteiger partial charge in [-0.25, -0.2) is 0 Å². The number of nitrogens with zero attached hydrogens (tertiary/aromatic N) is 2. The lowest BCUT2D eigenvalue weighted by molar-refractivity contribution is -0.139. The Balaban J connectivity index is 1.50. The molecule has 0 radical (unpaired) electrons. The maximum absolute atomic E-state index is 12.3. The summed E-state index contributed by atoms with van der Waals surface area (Å²) in [5.74, 6) is 0.589. The van der Waals surface area contributed by atoms with Crippen LogP contribution in [0.1, 0.15) is 17.7 Å². The molecule has 138 valence electrons. The summed E-state index contributed by atoms with van der Waals surface area (Å²) in [5.41, 5.74) is 1.52. The summed E-state index contributed by atoms with van der Waals surface area (Å²) in [6, 6.07) is 8.62. The minimum Gasteiger partial charge on any atom is -0.486 e. The highest BCUT2D eigenvalue weighted by atomic mass is 35.5. The zero-order valence-corrected chi connectivity index (χ0v) is 16.2. The highest BCUT2D eigenvalue weighted by molar-refractivity contribution is 6.36. The van der Waals surface area contributed by atoms with Gasteiger partial charge in [0.25, 0.3) is 5.56 Å². The molecule has 0 aliphatic carbocycles. The van der Waals surface area contributed by atoms with E-state index in [0.717, 1.165) is 11.3 Å². The minimum absolute atomic E-state index is 0.0426. The molecular formula is C19H20Cl2N2O3. The van der Waals surface area contributed by atoms with Crippen LogP contribution >= 0.6 is 23.2 Å². The van der Waals surface area contributed by atoms with Gasteiger partial charge >= 0.3 is 0 Å². The van der Waals surface area contributed by atoms with Gasteiger partial charge in [-0.3, -0.25) is 9.59 Å². The van der Waals surface area contributed by atoms with Crippen molar-refractivity contribution in [3.8, 4) is 5.75 Å². The van der Waals surface area contributed by atoms with Crippen LogP contribution in [-0.4, -0.2) is 34.6 Å². The predicted octanol–water partition coefficient (Wildman–Crippen LogP) is 3.22. The molecule has 2 heterocycles. The molecule has 3 rings (SSSR count). The van der Waals surface area contributed by atoms with Gasteiger partial charge in [-0.15, -0.1) is 0 Å². The van der Waals surface area contributed by atoms with E-state index in [9.17, 15) is 9.59 Å². The van der Waals surface area contributed by atoms with E-state index in [0.29, 0.717) is 41.7 Å². The second-order valence-electron chi connectivity index (χ2n) is 6.47. The summed E-state index contributed by atoms with van der Waals surface area (Å²) in [7, 11) is 1.72. The Kier molecular flexibility index (Phi) is 5.58. The second kappa shape index (κ2) is 7.72. The summed E-state index contributed by atoms with van der Waals surface area (Å²) in [6.07, 6.45) is 0.767. The van der Waals surface area contributed by atoms with Gasteiger partial charge in [-0.05, 0) is 37.1 Å². The molecule has 0 spiro atoms. The average molecular weight is 395 g/mol. The van der Waals surface area contributed by atoms with Crippen molar-refractivity contribution in [2.24, 2.45) is 7.05 Å². The van der Waals surface area contributed by atoms with Gasteiger partial charge in [0, 0.05) is 35.3 Å². The van der Waals surface area contributed by atoms with E-state index in [1.807, 2.05) is 13.0 Å². The highest BCUT2D eigenvalue weighted by Crippen LogP contribution is 2.26. The first-order chi connectivity index (χ1) is 12.3. The average Bonchev–Trinajstić information content (AvgIpc) is 2.54. The molecule has 0 saturated carbocycles. The van der Waals surface area contributed by atoms with Crippen LogP contribution in [-0.2, 0) is 18.3 Å². The van der Waals surface area contributed by atoms with E-state index in [1.54, 1.807) is 34.7 Å². The number of hydrogen-bond donors (Lipinski definition) is 0. The molecule has 0 bridgehead atoms. The number of aryl methyl sites for hydroxylation is 1. The van der Waals surface area contributed by atoms with E-state index in [1.165, 1.54) is 6.07 Å². The zero-order chi connectivity index (χ0) is 18.8. The van der Waals surface area contributed by atoms with Crippen LogP contribution in [0, 0.1) is 6.92 Å². The smallest absolute Gasteiger partial charge is 0.254 e.